The SMILES string of the molecule is CC(C)(C)OC(=O)c1ccc(Nc2ccncc2[N+](=O)[O-])c(F)c1. The van der Waals surface area contributed by atoms with Gasteiger partial charge in [-0.25, -0.2) is 9.18 Å². The summed E-state index contributed by atoms with van der Waals surface area (Å²) in [6.45, 7) is 5.12. The molecular weight excluding hydrogens is 317 g/mol. The van der Waals surface area contributed by atoms with E-state index in [2.05, 4.69) is 10.3 Å². The molecule has 0 amide bonds. The number of esters is 1. The van der Waals surface area contributed by atoms with Crippen molar-refractivity contribution in [2.24, 2.45) is 0 Å². The Morgan fingerprint density at radius 1 is 1.29 bits per heavy atom. The Bertz CT molecular complexity index is 787. The molecule has 1 aromatic heterocycles. The average Bonchev–Trinajstić information content (AvgIpc) is 2.47. The van der Waals surface area contributed by atoms with Gasteiger partial charge >= 0.3 is 11.7 Å². The van der Waals surface area contributed by atoms with Crippen molar-refractivity contribution in [2.75, 3.05) is 5.32 Å². The van der Waals surface area contributed by atoms with Gasteiger partial charge in [0.2, 0.25) is 0 Å². The monoisotopic (exact) mass is 333 g/mol. The fourth-order valence-corrected chi connectivity index (χ4v) is 1.86. The number of carbonyl (C=O) groups is 1. The van der Waals surface area contributed by atoms with Crippen LogP contribution in [0.4, 0.5) is 21.5 Å². The van der Waals surface area contributed by atoms with Crippen molar-refractivity contribution in [3.63, 3.8) is 0 Å². The third-order valence-corrected chi connectivity index (χ3v) is 2.87. The highest BCUT2D eigenvalue weighted by Gasteiger charge is 2.20. The van der Waals surface area contributed by atoms with Gasteiger partial charge in [-0.1, -0.05) is 0 Å². The van der Waals surface area contributed by atoms with E-state index in [1.165, 1.54) is 24.4 Å². The predicted octanol–water partition coefficient (Wildman–Crippen LogP) is 3.83. The van der Waals surface area contributed by atoms with Gasteiger partial charge in [-0.05, 0) is 45.0 Å². The summed E-state index contributed by atoms with van der Waals surface area (Å²) in [5, 5.41) is 13.6. The topological polar surface area (TPSA) is 94.4 Å². The van der Waals surface area contributed by atoms with E-state index in [0.717, 1.165) is 12.3 Å². The zero-order valence-electron chi connectivity index (χ0n) is 13.4. The number of nitrogens with one attached hydrogen (secondary N) is 1. The van der Waals surface area contributed by atoms with Gasteiger partial charge in [-0.3, -0.25) is 15.1 Å². The number of aromatic nitrogens is 1. The van der Waals surface area contributed by atoms with Crippen molar-refractivity contribution in [3.8, 4) is 0 Å². The van der Waals surface area contributed by atoms with Crippen molar-refractivity contribution in [1.29, 1.82) is 0 Å². The standard InChI is InChI=1S/C16H16FN3O4/c1-16(2,3)24-15(21)10-4-5-12(11(17)8-10)19-13-6-7-18-9-14(13)20(22)23/h4-9H,1-3H3,(H,18,19). The molecule has 24 heavy (non-hydrogen) atoms. The Balaban J connectivity index is 2.25. The van der Waals surface area contributed by atoms with Gasteiger partial charge in [0.15, 0.2) is 0 Å². The number of pyridine rings is 1. The van der Waals surface area contributed by atoms with Crippen molar-refractivity contribution in [2.45, 2.75) is 26.4 Å². The molecule has 0 saturated heterocycles. The van der Waals surface area contributed by atoms with Gasteiger partial charge in [0.25, 0.3) is 0 Å². The summed E-state index contributed by atoms with van der Waals surface area (Å²) in [7, 11) is 0. The largest absolute Gasteiger partial charge is 0.456 e. The molecule has 126 valence electrons. The fourth-order valence-electron chi connectivity index (χ4n) is 1.86. The van der Waals surface area contributed by atoms with Gasteiger partial charge < -0.3 is 10.1 Å². The number of anilines is 2. The van der Waals surface area contributed by atoms with E-state index < -0.39 is 22.3 Å². The van der Waals surface area contributed by atoms with Crippen LogP contribution < -0.4 is 5.32 Å². The number of nitrogens with zero attached hydrogens (tertiary/aromatic N) is 2. The van der Waals surface area contributed by atoms with Crippen molar-refractivity contribution in [3.05, 3.63) is 58.2 Å². The molecular formula is C16H16FN3O4. The van der Waals surface area contributed by atoms with E-state index in [1.54, 1.807) is 20.8 Å². The smallest absolute Gasteiger partial charge is 0.338 e. The first-order valence-electron chi connectivity index (χ1n) is 7.06. The summed E-state index contributed by atoms with van der Waals surface area (Å²) in [4.78, 5) is 25.9. The number of benzene rings is 1. The zero-order valence-corrected chi connectivity index (χ0v) is 13.4. The number of carbonyl (C=O) groups excluding carboxylic acids is 1. The molecule has 0 saturated carbocycles. The number of ether oxygens (including phenoxy) is 1. The molecule has 0 fully saturated rings. The Hall–Kier alpha value is -3.03. The molecule has 7 nitrogen and oxygen atoms in total. The third-order valence-electron chi connectivity index (χ3n) is 2.87. The van der Waals surface area contributed by atoms with Crippen LogP contribution in [0.5, 0.6) is 0 Å². The van der Waals surface area contributed by atoms with E-state index in [0.29, 0.717) is 0 Å². The van der Waals surface area contributed by atoms with E-state index in [9.17, 15) is 19.3 Å². The Morgan fingerprint density at radius 2 is 2.00 bits per heavy atom. The lowest BCUT2D eigenvalue weighted by molar-refractivity contribution is -0.384. The van der Waals surface area contributed by atoms with E-state index in [-0.39, 0.29) is 22.6 Å². The maximum atomic E-state index is 14.2. The summed E-state index contributed by atoms with van der Waals surface area (Å²) >= 11 is 0. The molecule has 0 aliphatic heterocycles. The fraction of sp³-hybridized carbons (Fsp3) is 0.250. The average molecular weight is 333 g/mol. The Kier molecular flexibility index (Phi) is 4.77. The molecule has 0 unspecified atom stereocenters. The van der Waals surface area contributed by atoms with Crippen LogP contribution in [0, 0.1) is 15.9 Å². The van der Waals surface area contributed by atoms with Crippen LogP contribution in [0.1, 0.15) is 31.1 Å². The lowest BCUT2D eigenvalue weighted by atomic mass is 10.1. The van der Waals surface area contributed by atoms with Gasteiger partial charge in [0.05, 0.1) is 16.2 Å². The third kappa shape index (κ3) is 4.25. The lowest BCUT2D eigenvalue weighted by Gasteiger charge is -2.19. The van der Waals surface area contributed by atoms with Crippen LogP contribution in [0.2, 0.25) is 0 Å². The molecule has 0 radical (unpaired) electrons. The van der Waals surface area contributed by atoms with Gasteiger partial charge in [-0.15, -0.1) is 0 Å². The Morgan fingerprint density at radius 3 is 2.58 bits per heavy atom. The molecule has 2 aromatic rings. The van der Waals surface area contributed by atoms with Gasteiger partial charge in [0, 0.05) is 6.20 Å². The quantitative estimate of drug-likeness (QED) is 0.519. The van der Waals surface area contributed by atoms with Crippen LogP contribution in [0.15, 0.2) is 36.7 Å². The summed E-state index contributed by atoms with van der Waals surface area (Å²) in [6, 6.07) is 5.08. The van der Waals surface area contributed by atoms with Crippen LogP contribution in [0.25, 0.3) is 0 Å². The molecule has 0 aliphatic carbocycles. The second kappa shape index (κ2) is 6.61. The minimum absolute atomic E-state index is 0.00314. The second-order valence-electron chi connectivity index (χ2n) is 5.97. The Labute approximate surface area is 137 Å². The van der Waals surface area contributed by atoms with Crippen molar-refractivity contribution < 1.29 is 18.8 Å². The minimum Gasteiger partial charge on any atom is -0.456 e. The predicted molar refractivity (Wildman–Crippen MR) is 85.7 cm³/mol. The first kappa shape index (κ1) is 17.3. The van der Waals surface area contributed by atoms with Crippen molar-refractivity contribution >= 4 is 23.0 Å². The van der Waals surface area contributed by atoms with Crippen LogP contribution >= 0.6 is 0 Å². The first-order chi connectivity index (χ1) is 11.2. The van der Waals surface area contributed by atoms with Gasteiger partial charge in [0.1, 0.15) is 23.3 Å². The molecule has 0 atom stereocenters. The summed E-state index contributed by atoms with van der Waals surface area (Å²) < 4.78 is 19.4. The molecule has 1 aromatic carbocycles. The second-order valence-corrected chi connectivity index (χ2v) is 5.97. The number of halogens is 1. The molecule has 1 heterocycles. The maximum Gasteiger partial charge on any atom is 0.338 e. The highest BCUT2D eigenvalue weighted by atomic mass is 19.1. The molecule has 0 aliphatic rings. The summed E-state index contributed by atoms with van der Waals surface area (Å²) in [5.41, 5.74) is -0.830. The van der Waals surface area contributed by atoms with Crippen LogP contribution in [0.3, 0.4) is 0 Å². The van der Waals surface area contributed by atoms with Gasteiger partial charge in [-0.2, -0.15) is 0 Å². The molecule has 0 bridgehead atoms. The highest BCUT2D eigenvalue weighted by molar-refractivity contribution is 5.90. The lowest BCUT2D eigenvalue weighted by Crippen LogP contribution is -2.24. The van der Waals surface area contributed by atoms with Crippen LogP contribution in [-0.2, 0) is 4.74 Å². The molecule has 8 heteroatoms. The van der Waals surface area contributed by atoms with E-state index in [1.807, 2.05) is 0 Å². The van der Waals surface area contributed by atoms with Crippen LogP contribution in [-0.4, -0.2) is 21.5 Å². The van der Waals surface area contributed by atoms with E-state index >= 15 is 0 Å². The highest BCUT2D eigenvalue weighted by Crippen LogP contribution is 2.28. The zero-order chi connectivity index (χ0) is 17.9. The first-order valence-corrected chi connectivity index (χ1v) is 7.06. The summed E-state index contributed by atoms with van der Waals surface area (Å²) in [6.07, 6.45) is 2.41. The number of rotatable bonds is 4. The molecule has 2 rings (SSSR count). The summed E-state index contributed by atoms with van der Waals surface area (Å²) in [5.74, 6) is -1.38. The number of nitro groups is 1. The molecule has 0 spiro atoms. The number of hydrogen-bond acceptors (Lipinski definition) is 6. The molecule has 1 N–H and O–H groups in total. The number of hydrogen-bond donors (Lipinski definition) is 1. The van der Waals surface area contributed by atoms with Crippen molar-refractivity contribution in [1.82, 2.24) is 4.98 Å². The van der Waals surface area contributed by atoms with E-state index in [4.69, 9.17) is 4.74 Å². The normalized spacial score (nSPS) is 11.0. The minimum atomic E-state index is -0.732. The maximum absolute atomic E-state index is 14.2.